The summed E-state index contributed by atoms with van der Waals surface area (Å²) in [5, 5.41) is 3.25. The average Bonchev–Trinajstić information content (AvgIpc) is 3.08. The van der Waals surface area contributed by atoms with Gasteiger partial charge in [-0.2, -0.15) is 0 Å². The summed E-state index contributed by atoms with van der Waals surface area (Å²) < 4.78 is 5.61. The molecule has 0 bridgehead atoms. The first kappa shape index (κ1) is 10.4. The summed E-state index contributed by atoms with van der Waals surface area (Å²) in [7, 11) is 0. The van der Waals surface area contributed by atoms with Crippen LogP contribution in [-0.4, -0.2) is 18.1 Å². The molecule has 1 aliphatic carbocycles. The number of aromatic nitrogens is 1. The number of hydrogen-bond acceptors (Lipinski definition) is 3. The zero-order chi connectivity index (χ0) is 10.5. The number of pyridine rings is 1. The monoisotopic (exact) mass is 206 g/mol. The summed E-state index contributed by atoms with van der Waals surface area (Å²) in [4.78, 5) is 4.43. The SMILES string of the molecule is CCNCc1cccc(OCC2CC2)n1. The third-order valence-electron chi connectivity index (χ3n) is 2.50. The van der Waals surface area contributed by atoms with Crippen LogP contribution in [0.3, 0.4) is 0 Å². The van der Waals surface area contributed by atoms with Crippen LogP contribution in [0.5, 0.6) is 5.88 Å². The van der Waals surface area contributed by atoms with E-state index in [2.05, 4.69) is 17.2 Å². The highest BCUT2D eigenvalue weighted by atomic mass is 16.5. The van der Waals surface area contributed by atoms with Gasteiger partial charge in [-0.25, -0.2) is 4.98 Å². The maximum atomic E-state index is 5.61. The largest absolute Gasteiger partial charge is 0.477 e. The second-order valence-electron chi connectivity index (χ2n) is 4.00. The van der Waals surface area contributed by atoms with Crippen molar-refractivity contribution in [3.8, 4) is 5.88 Å². The first-order chi connectivity index (χ1) is 7.38. The van der Waals surface area contributed by atoms with Gasteiger partial charge in [0.1, 0.15) is 0 Å². The van der Waals surface area contributed by atoms with Crippen LogP contribution in [-0.2, 0) is 6.54 Å². The molecule has 1 aromatic rings. The Bertz CT molecular complexity index is 310. The summed E-state index contributed by atoms with van der Waals surface area (Å²) >= 11 is 0. The smallest absolute Gasteiger partial charge is 0.213 e. The van der Waals surface area contributed by atoms with Gasteiger partial charge in [-0.3, -0.25) is 0 Å². The van der Waals surface area contributed by atoms with Crippen molar-refractivity contribution >= 4 is 0 Å². The van der Waals surface area contributed by atoms with Gasteiger partial charge in [-0.1, -0.05) is 13.0 Å². The van der Waals surface area contributed by atoms with E-state index in [1.165, 1.54) is 12.8 Å². The van der Waals surface area contributed by atoms with Crippen LogP contribution in [0, 0.1) is 5.92 Å². The fraction of sp³-hybridized carbons (Fsp3) is 0.583. The van der Waals surface area contributed by atoms with Crippen LogP contribution in [0.2, 0.25) is 0 Å². The third kappa shape index (κ3) is 3.51. The summed E-state index contributed by atoms with van der Waals surface area (Å²) in [6.45, 7) is 4.71. The topological polar surface area (TPSA) is 34.1 Å². The van der Waals surface area contributed by atoms with Gasteiger partial charge in [0.25, 0.3) is 0 Å². The van der Waals surface area contributed by atoms with E-state index in [1.54, 1.807) is 0 Å². The Labute approximate surface area is 90.9 Å². The summed E-state index contributed by atoms with van der Waals surface area (Å²) in [6, 6.07) is 5.95. The Morgan fingerprint density at radius 1 is 1.47 bits per heavy atom. The molecule has 3 heteroatoms. The molecule has 82 valence electrons. The lowest BCUT2D eigenvalue weighted by Crippen LogP contribution is -2.13. The van der Waals surface area contributed by atoms with Crippen molar-refractivity contribution in [2.24, 2.45) is 5.92 Å². The van der Waals surface area contributed by atoms with Crippen LogP contribution in [0.15, 0.2) is 18.2 Å². The van der Waals surface area contributed by atoms with Crippen molar-refractivity contribution in [1.82, 2.24) is 10.3 Å². The molecule has 1 N–H and O–H groups in total. The normalized spacial score (nSPS) is 15.3. The van der Waals surface area contributed by atoms with Gasteiger partial charge in [0, 0.05) is 12.6 Å². The zero-order valence-corrected chi connectivity index (χ0v) is 9.20. The van der Waals surface area contributed by atoms with Gasteiger partial charge < -0.3 is 10.1 Å². The second kappa shape index (κ2) is 5.12. The summed E-state index contributed by atoms with van der Waals surface area (Å²) in [5.74, 6) is 1.54. The lowest BCUT2D eigenvalue weighted by molar-refractivity contribution is 0.287. The fourth-order valence-corrected chi connectivity index (χ4v) is 1.38. The summed E-state index contributed by atoms with van der Waals surface area (Å²) in [5.41, 5.74) is 1.05. The Hall–Kier alpha value is -1.09. The molecule has 0 spiro atoms. The molecule has 0 amide bonds. The molecule has 3 nitrogen and oxygen atoms in total. The summed E-state index contributed by atoms with van der Waals surface area (Å²) in [6.07, 6.45) is 2.63. The maximum absolute atomic E-state index is 5.61. The van der Waals surface area contributed by atoms with E-state index in [4.69, 9.17) is 4.74 Å². The van der Waals surface area contributed by atoms with Crippen LogP contribution in [0.1, 0.15) is 25.5 Å². The van der Waals surface area contributed by atoms with Gasteiger partial charge >= 0.3 is 0 Å². The van der Waals surface area contributed by atoms with Gasteiger partial charge in [0.15, 0.2) is 0 Å². The lowest BCUT2D eigenvalue weighted by atomic mass is 10.3. The molecule has 0 aromatic carbocycles. The molecule has 15 heavy (non-hydrogen) atoms. The second-order valence-corrected chi connectivity index (χ2v) is 4.00. The van der Waals surface area contributed by atoms with E-state index in [0.717, 1.165) is 37.2 Å². The first-order valence-corrected chi connectivity index (χ1v) is 5.68. The molecule has 0 unspecified atom stereocenters. The number of nitrogens with zero attached hydrogens (tertiary/aromatic N) is 1. The minimum atomic E-state index is 0.761. The Kier molecular flexibility index (Phi) is 3.56. The Balaban J connectivity index is 1.85. The van der Waals surface area contributed by atoms with Crippen molar-refractivity contribution in [2.75, 3.05) is 13.2 Å². The van der Waals surface area contributed by atoms with Crippen molar-refractivity contribution in [2.45, 2.75) is 26.3 Å². The molecule has 1 saturated carbocycles. The van der Waals surface area contributed by atoms with Gasteiger partial charge in [0.2, 0.25) is 5.88 Å². The molecule has 1 fully saturated rings. The lowest BCUT2D eigenvalue weighted by Gasteiger charge is -2.06. The highest BCUT2D eigenvalue weighted by Gasteiger charge is 2.22. The molecule has 1 heterocycles. The molecule has 0 radical (unpaired) electrons. The zero-order valence-electron chi connectivity index (χ0n) is 9.20. The first-order valence-electron chi connectivity index (χ1n) is 5.68. The quantitative estimate of drug-likeness (QED) is 0.772. The molecule has 2 rings (SSSR count). The highest BCUT2D eigenvalue weighted by molar-refractivity contribution is 5.15. The average molecular weight is 206 g/mol. The minimum absolute atomic E-state index is 0.761. The molecule has 0 atom stereocenters. The molecule has 1 aromatic heterocycles. The van der Waals surface area contributed by atoms with Crippen molar-refractivity contribution in [3.63, 3.8) is 0 Å². The molecular formula is C12H18N2O. The van der Waals surface area contributed by atoms with Crippen molar-refractivity contribution < 1.29 is 4.74 Å². The molecular weight excluding hydrogens is 188 g/mol. The standard InChI is InChI=1S/C12H18N2O/c1-2-13-8-11-4-3-5-12(14-11)15-9-10-6-7-10/h3-5,10,13H,2,6-9H2,1H3. The van der Waals surface area contributed by atoms with E-state index in [1.807, 2.05) is 18.2 Å². The number of hydrogen-bond donors (Lipinski definition) is 1. The van der Waals surface area contributed by atoms with Gasteiger partial charge in [-0.15, -0.1) is 0 Å². The predicted molar refractivity (Wildman–Crippen MR) is 59.8 cm³/mol. The van der Waals surface area contributed by atoms with Crippen molar-refractivity contribution in [3.05, 3.63) is 23.9 Å². The molecule has 0 aliphatic heterocycles. The van der Waals surface area contributed by atoms with Crippen molar-refractivity contribution in [1.29, 1.82) is 0 Å². The Morgan fingerprint density at radius 3 is 3.07 bits per heavy atom. The third-order valence-corrected chi connectivity index (χ3v) is 2.50. The fourth-order valence-electron chi connectivity index (χ4n) is 1.38. The van der Waals surface area contributed by atoms with E-state index < -0.39 is 0 Å². The molecule has 1 aliphatic rings. The van der Waals surface area contributed by atoms with Crippen LogP contribution in [0.25, 0.3) is 0 Å². The molecule has 0 saturated heterocycles. The van der Waals surface area contributed by atoms with E-state index in [-0.39, 0.29) is 0 Å². The minimum Gasteiger partial charge on any atom is -0.477 e. The predicted octanol–water partition coefficient (Wildman–Crippen LogP) is 1.98. The number of nitrogens with one attached hydrogen (secondary N) is 1. The maximum Gasteiger partial charge on any atom is 0.213 e. The van der Waals surface area contributed by atoms with Crippen LogP contribution in [0.4, 0.5) is 0 Å². The van der Waals surface area contributed by atoms with E-state index in [0.29, 0.717) is 0 Å². The Morgan fingerprint density at radius 2 is 2.33 bits per heavy atom. The van der Waals surface area contributed by atoms with Gasteiger partial charge in [0.05, 0.1) is 12.3 Å². The number of rotatable bonds is 6. The van der Waals surface area contributed by atoms with Crippen LogP contribution >= 0.6 is 0 Å². The van der Waals surface area contributed by atoms with Gasteiger partial charge in [-0.05, 0) is 31.4 Å². The van der Waals surface area contributed by atoms with E-state index >= 15 is 0 Å². The van der Waals surface area contributed by atoms with Crippen LogP contribution < -0.4 is 10.1 Å². The number of ether oxygens (including phenoxy) is 1. The van der Waals surface area contributed by atoms with E-state index in [9.17, 15) is 0 Å². The highest BCUT2D eigenvalue weighted by Crippen LogP contribution is 2.29.